The van der Waals surface area contributed by atoms with E-state index in [2.05, 4.69) is 133 Å². The van der Waals surface area contributed by atoms with Crippen LogP contribution in [0.4, 0.5) is 0 Å². The second-order valence-corrected chi connectivity index (χ2v) is 10.3. The SMILES string of the molecule is Cc1ccccc1-c1cccc(-n2c3ccccc3c3ccc(-c4ccc5c(c4)oc4ccccc45)cc32)c1. The van der Waals surface area contributed by atoms with E-state index in [0.29, 0.717) is 0 Å². The van der Waals surface area contributed by atoms with Crippen LogP contribution >= 0.6 is 0 Å². The lowest BCUT2D eigenvalue weighted by molar-refractivity contribution is 0.669. The molecule has 0 amide bonds. The highest BCUT2D eigenvalue weighted by molar-refractivity contribution is 6.11. The Kier molecular flexibility index (Phi) is 4.77. The van der Waals surface area contributed by atoms with Crippen molar-refractivity contribution in [3.63, 3.8) is 0 Å². The smallest absolute Gasteiger partial charge is 0.136 e. The molecule has 8 rings (SSSR count). The van der Waals surface area contributed by atoms with E-state index in [1.54, 1.807) is 0 Å². The van der Waals surface area contributed by atoms with Crippen molar-refractivity contribution >= 4 is 43.7 Å². The number of aryl methyl sites for hydroxylation is 1. The van der Waals surface area contributed by atoms with Crippen LogP contribution in [0.1, 0.15) is 5.56 Å². The molecule has 2 aromatic heterocycles. The number of hydrogen-bond acceptors (Lipinski definition) is 1. The molecule has 0 aliphatic rings. The minimum Gasteiger partial charge on any atom is -0.456 e. The van der Waals surface area contributed by atoms with Crippen molar-refractivity contribution in [1.29, 1.82) is 0 Å². The van der Waals surface area contributed by atoms with Gasteiger partial charge in [0, 0.05) is 27.2 Å². The minimum absolute atomic E-state index is 0.917. The third-order valence-electron chi connectivity index (χ3n) is 7.95. The lowest BCUT2D eigenvalue weighted by Crippen LogP contribution is -1.95. The van der Waals surface area contributed by atoms with E-state index in [1.165, 1.54) is 44.1 Å². The second-order valence-electron chi connectivity index (χ2n) is 10.3. The van der Waals surface area contributed by atoms with Crippen LogP contribution in [0.2, 0.25) is 0 Å². The first-order chi connectivity index (χ1) is 19.2. The number of furan rings is 1. The zero-order valence-corrected chi connectivity index (χ0v) is 21.6. The van der Waals surface area contributed by atoms with Gasteiger partial charge in [-0.3, -0.25) is 0 Å². The van der Waals surface area contributed by atoms with Crippen LogP contribution in [0.25, 0.3) is 71.7 Å². The summed E-state index contributed by atoms with van der Waals surface area (Å²) in [7, 11) is 0. The Labute approximate surface area is 226 Å². The van der Waals surface area contributed by atoms with Crippen molar-refractivity contribution < 1.29 is 4.42 Å². The Morgan fingerprint density at radius 1 is 0.462 bits per heavy atom. The lowest BCUT2D eigenvalue weighted by atomic mass is 10.00. The quantitative estimate of drug-likeness (QED) is 0.236. The van der Waals surface area contributed by atoms with Gasteiger partial charge in [-0.05, 0) is 77.2 Å². The zero-order chi connectivity index (χ0) is 25.9. The lowest BCUT2D eigenvalue weighted by Gasteiger charge is -2.12. The fourth-order valence-corrected chi connectivity index (χ4v) is 6.04. The Morgan fingerprint density at radius 3 is 2.05 bits per heavy atom. The Balaban J connectivity index is 1.35. The molecule has 0 aliphatic carbocycles. The van der Waals surface area contributed by atoms with Crippen molar-refractivity contribution in [2.75, 3.05) is 0 Å². The van der Waals surface area contributed by atoms with E-state index >= 15 is 0 Å². The van der Waals surface area contributed by atoms with Gasteiger partial charge in [0.05, 0.1) is 11.0 Å². The van der Waals surface area contributed by atoms with Gasteiger partial charge >= 0.3 is 0 Å². The number of fused-ring (bicyclic) bond motifs is 6. The van der Waals surface area contributed by atoms with Crippen LogP contribution in [0, 0.1) is 6.92 Å². The standard InChI is InChI=1S/C37H25NO/c1-24-9-2-3-12-29(24)27-10-8-11-28(21-27)38-34-15-6-4-13-30(34)31-19-17-25(22-35(31)38)26-18-20-33-32-14-5-7-16-36(32)39-37(33)23-26/h2-23H,1H3. The van der Waals surface area contributed by atoms with Gasteiger partial charge < -0.3 is 8.98 Å². The molecule has 2 nitrogen and oxygen atoms in total. The second kappa shape index (κ2) is 8.47. The molecule has 6 aromatic carbocycles. The monoisotopic (exact) mass is 499 g/mol. The molecule has 0 spiro atoms. The summed E-state index contributed by atoms with van der Waals surface area (Å²) < 4.78 is 8.60. The van der Waals surface area contributed by atoms with Gasteiger partial charge in [0.25, 0.3) is 0 Å². The van der Waals surface area contributed by atoms with Gasteiger partial charge in [0.2, 0.25) is 0 Å². The van der Waals surface area contributed by atoms with Crippen LogP contribution in [0.15, 0.2) is 138 Å². The molecule has 2 heteroatoms. The molecule has 0 N–H and O–H groups in total. The fourth-order valence-electron chi connectivity index (χ4n) is 6.04. The number of para-hydroxylation sites is 2. The first-order valence-corrected chi connectivity index (χ1v) is 13.4. The number of benzene rings is 6. The maximum Gasteiger partial charge on any atom is 0.136 e. The van der Waals surface area contributed by atoms with Crippen LogP contribution in [-0.4, -0.2) is 4.57 Å². The van der Waals surface area contributed by atoms with E-state index < -0.39 is 0 Å². The molecule has 0 atom stereocenters. The molecule has 0 bridgehead atoms. The number of rotatable bonds is 3. The Hall–Kier alpha value is -5.08. The van der Waals surface area contributed by atoms with Gasteiger partial charge in [-0.25, -0.2) is 0 Å². The highest BCUT2D eigenvalue weighted by Crippen LogP contribution is 2.37. The van der Waals surface area contributed by atoms with Crippen molar-refractivity contribution in [3.05, 3.63) is 139 Å². The zero-order valence-electron chi connectivity index (χ0n) is 21.6. The average Bonchev–Trinajstić information content (AvgIpc) is 3.52. The predicted molar refractivity (Wildman–Crippen MR) is 164 cm³/mol. The van der Waals surface area contributed by atoms with E-state index in [1.807, 2.05) is 12.1 Å². The van der Waals surface area contributed by atoms with Crippen LogP contribution < -0.4 is 0 Å². The van der Waals surface area contributed by atoms with Crippen LogP contribution in [0.3, 0.4) is 0 Å². The number of nitrogens with zero attached hydrogens (tertiary/aromatic N) is 1. The van der Waals surface area contributed by atoms with E-state index in [9.17, 15) is 0 Å². The summed E-state index contributed by atoms with van der Waals surface area (Å²) in [5.41, 5.74) is 11.5. The molecule has 0 radical (unpaired) electrons. The molecule has 0 fully saturated rings. The van der Waals surface area contributed by atoms with Gasteiger partial charge in [0.1, 0.15) is 11.2 Å². The van der Waals surface area contributed by atoms with E-state index in [0.717, 1.165) is 33.2 Å². The fraction of sp³-hybridized carbons (Fsp3) is 0.0270. The van der Waals surface area contributed by atoms with Crippen molar-refractivity contribution in [1.82, 2.24) is 4.57 Å². The largest absolute Gasteiger partial charge is 0.456 e. The maximum absolute atomic E-state index is 6.20. The highest BCUT2D eigenvalue weighted by atomic mass is 16.3. The highest BCUT2D eigenvalue weighted by Gasteiger charge is 2.15. The summed E-state index contributed by atoms with van der Waals surface area (Å²) in [6, 6.07) is 47.8. The molecule has 184 valence electrons. The van der Waals surface area contributed by atoms with Crippen LogP contribution in [0.5, 0.6) is 0 Å². The first-order valence-electron chi connectivity index (χ1n) is 13.4. The molecular weight excluding hydrogens is 474 g/mol. The first kappa shape index (κ1) is 22.0. The molecule has 8 aromatic rings. The number of hydrogen-bond donors (Lipinski definition) is 0. The Bertz CT molecular complexity index is 2190. The topological polar surface area (TPSA) is 18.1 Å². The Morgan fingerprint density at radius 2 is 1.15 bits per heavy atom. The van der Waals surface area contributed by atoms with Crippen LogP contribution in [-0.2, 0) is 0 Å². The van der Waals surface area contributed by atoms with Crippen molar-refractivity contribution in [3.8, 4) is 27.9 Å². The predicted octanol–water partition coefficient (Wildman–Crippen LogP) is 10.3. The summed E-state index contributed by atoms with van der Waals surface area (Å²) in [5.74, 6) is 0. The van der Waals surface area contributed by atoms with Crippen molar-refractivity contribution in [2.45, 2.75) is 6.92 Å². The summed E-state index contributed by atoms with van der Waals surface area (Å²) >= 11 is 0. The number of aromatic nitrogens is 1. The van der Waals surface area contributed by atoms with E-state index in [-0.39, 0.29) is 0 Å². The normalized spacial score (nSPS) is 11.7. The summed E-state index contributed by atoms with van der Waals surface area (Å²) in [6.45, 7) is 2.17. The maximum atomic E-state index is 6.20. The summed E-state index contributed by atoms with van der Waals surface area (Å²) in [5, 5.41) is 4.81. The van der Waals surface area contributed by atoms with Gasteiger partial charge in [-0.15, -0.1) is 0 Å². The molecule has 2 heterocycles. The molecule has 0 unspecified atom stereocenters. The molecule has 0 saturated heterocycles. The third-order valence-corrected chi connectivity index (χ3v) is 7.95. The summed E-state index contributed by atoms with van der Waals surface area (Å²) in [4.78, 5) is 0. The molecule has 39 heavy (non-hydrogen) atoms. The van der Waals surface area contributed by atoms with E-state index in [4.69, 9.17) is 4.42 Å². The molecule has 0 aliphatic heterocycles. The molecule has 0 saturated carbocycles. The van der Waals surface area contributed by atoms with Gasteiger partial charge in [-0.1, -0.05) is 91.0 Å². The molecular formula is C37H25NO. The van der Waals surface area contributed by atoms with Gasteiger partial charge in [0.15, 0.2) is 0 Å². The summed E-state index contributed by atoms with van der Waals surface area (Å²) in [6.07, 6.45) is 0. The average molecular weight is 500 g/mol. The minimum atomic E-state index is 0.917. The van der Waals surface area contributed by atoms with Gasteiger partial charge in [-0.2, -0.15) is 0 Å². The van der Waals surface area contributed by atoms with Crippen molar-refractivity contribution in [2.24, 2.45) is 0 Å². The third kappa shape index (κ3) is 3.42.